The quantitative estimate of drug-likeness (QED) is 0.504. The van der Waals surface area contributed by atoms with E-state index in [0.717, 1.165) is 5.69 Å². The van der Waals surface area contributed by atoms with Crippen molar-refractivity contribution in [3.05, 3.63) is 84.9 Å². The average molecular weight is 376 g/mol. The lowest BCUT2D eigenvalue weighted by atomic mass is 10.1. The lowest BCUT2D eigenvalue weighted by molar-refractivity contribution is -0.384. The summed E-state index contributed by atoms with van der Waals surface area (Å²) in [6, 6.07) is 10.9. The van der Waals surface area contributed by atoms with Gasteiger partial charge in [0.15, 0.2) is 0 Å². The number of halogens is 2. The van der Waals surface area contributed by atoms with Gasteiger partial charge >= 0.3 is 0 Å². The SMILES string of the molecule is Cc1cccc2nc(/C(Cl)=C/c3ccc(Cl)c([N+](=O)[O-])c3)cc(=O)n12. The maximum absolute atomic E-state index is 12.3. The third-order valence-electron chi connectivity index (χ3n) is 3.59. The Balaban J connectivity index is 2.09. The molecular weight excluding hydrogens is 365 g/mol. The van der Waals surface area contributed by atoms with E-state index in [1.165, 1.54) is 28.7 Å². The molecule has 0 aliphatic heterocycles. The van der Waals surface area contributed by atoms with Crippen LogP contribution in [0.2, 0.25) is 5.02 Å². The molecule has 0 fully saturated rings. The third-order valence-corrected chi connectivity index (χ3v) is 4.21. The smallest absolute Gasteiger partial charge is 0.269 e. The first kappa shape index (κ1) is 17.1. The first-order valence-corrected chi connectivity index (χ1v) is 7.93. The summed E-state index contributed by atoms with van der Waals surface area (Å²) in [4.78, 5) is 27.1. The molecule has 1 aromatic carbocycles. The molecule has 2 aromatic heterocycles. The van der Waals surface area contributed by atoms with Crippen molar-refractivity contribution >= 4 is 45.6 Å². The van der Waals surface area contributed by atoms with Crippen molar-refractivity contribution in [3.8, 4) is 0 Å². The van der Waals surface area contributed by atoms with Gasteiger partial charge in [0.05, 0.1) is 15.6 Å². The first-order valence-electron chi connectivity index (χ1n) is 7.18. The molecule has 6 nitrogen and oxygen atoms in total. The molecule has 0 spiro atoms. The van der Waals surface area contributed by atoms with Crippen molar-refractivity contribution in [1.82, 2.24) is 9.38 Å². The Labute approximate surface area is 152 Å². The number of nitro groups is 1. The van der Waals surface area contributed by atoms with Crippen LogP contribution in [0.5, 0.6) is 0 Å². The highest BCUT2D eigenvalue weighted by Crippen LogP contribution is 2.28. The Morgan fingerprint density at radius 1 is 1.28 bits per heavy atom. The van der Waals surface area contributed by atoms with Gasteiger partial charge in [0, 0.05) is 17.8 Å². The highest BCUT2D eigenvalue weighted by molar-refractivity contribution is 6.51. The van der Waals surface area contributed by atoms with Gasteiger partial charge < -0.3 is 0 Å². The lowest BCUT2D eigenvalue weighted by Crippen LogP contribution is -2.16. The van der Waals surface area contributed by atoms with E-state index in [2.05, 4.69) is 4.98 Å². The molecule has 25 heavy (non-hydrogen) atoms. The van der Waals surface area contributed by atoms with Gasteiger partial charge in [0.2, 0.25) is 0 Å². The van der Waals surface area contributed by atoms with Crippen molar-refractivity contribution in [2.75, 3.05) is 0 Å². The normalized spacial score (nSPS) is 11.7. The van der Waals surface area contributed by atoms with Crippen LogP contribution in [-0.2, 0) is 0 Å². The molecule has 0 aliphatic rings. The Morgan fingerprint density at radius 2 is 2.04 bits per heavy atom. The molecule has 3 aromatic rings. The highest BCUT2D eigenvalue weighted by atomic mass is 35.5. The summed E-state index contributed by atoms with van der Waals surface area (Å²) in [7, 11) is 0. The van der Waals surface area contributed by atoms with Gasteiger partial charge in [0.1, 0.15) is 10.7 Å². The largest absolute Gasteiger partial charge is 0.288 e. The molecule has 126 valence electrons. The van der Waals surface area contributed by atoms with E-state index in [4.69, 9.17) is 23.2 Å². The fourth-order valence-corrected chi connectivity index (χ4v) is 2.83. The zero-order valence-electron chi connectivity index (χ0n) is 12.9. The minimum absolute atomic E-state index is 0.0378. The molecular formula is C17H11Cl2N3O3. The van der Waals surface area contributed by atoms with Crippen molar-refractivity contribution in [2.24, 2.45) is 0 Å². The fourth-order valence-electron chi connectivity index (χ4n) is 2.42. The molecule has 8 heteroatoms. The monoisotopic (exact) mass is 375 g/mol. The Kier molecular flexibility index (Phi) is 4.57. The van der Waals surface area contributed by atoms with Gasteiger partial charge in [-0.05, 0) is 36.8 Å². The minimum Gasteiger partial charge on any atom is -0.269 e. The van der Waals surface area contributed by atoms with E-state index in [0.29, 0.717) is 11.2 Å². The summed E-state index contributed by atoms with van der Waals surface area (Å²) >= 11 is 12.1. The van der Waals surface area contributed by atoms with Gasteiger partial charge in [-0.2, -0.15) is 0 Å². The van der Waals surface area contributed by atoms with E-state index in [-0.39, 0.29) is 27.0 Å². The minimum atomic E-state index is -0.572. The zero-order valence-corrected chi connectivity index (χ0v) is 14.5. The van der Waals surface area contributed by atoms with Gasteiger partial charge in [-0.3, -0.25) is 19.3 Å². The standard InChI is InChI=1S/C17H11Cl2N3O3/c1-10-3-2-4-16-20-14(9-17(23)21(10)16)13(19)7-11-5-6-12(18)15(8-11)22(24)25/h2-9H,1H3/b13-7-. The van der Waals surface area contributed by atoms with Crippen molar-refractivity contribution in [3.63, 3.8) is 0 Å². The van der Waals surface area contributed by atoms with Gasteiger partial charge in [-0.25, -0.2) is 4.98 Å². The van der Waals surface area contributed by atoms with Crippen molar-refractivity contribution < 1.29 is 4.92 Å². The van der Waals surface area contributed by atoms with Crippen LogP contribution >= 0.6 is 23.2 Å². The van der Waals surface area contributed by atoms with Crippen molar-refractivity contribution in [2.45, 2.75) is 6.92 Å². The number of nitrogens with zero attached hydrogens (tertiary/aromatic N) is 3. The summed E-state index contributed by atoms with van der Waals surface area (Å²) in [6.45, 7) is 1.81. The summed E-state index contributed by atoms with van der Waals surface area (Å²) in [6.07, 6.45) is 1.50. The van der Waals surface area contributed by atoms with Crippen LogP contribution < -0.4 is 5.56 Å². The van der Waals surface area contributed by atoms with E-state index in [1.54, 1.807) is 31.2 Å². The van der Waals surface area contributed by atoms with Gasteiger partial charge in [-0.1, -0.05) is 35.3 Å². The predicted molar refractivity (Wildman–Crippen MR) is 98.0 cm³/mol. The molecule has 0 radical (unpaired) electrons. The number of benzene rings is 1. The predicted octanol–water partition coefficient (Wildman–Crippen LogP) is 4.30. The second kappa shape index (κ2) is 6.66. The summed E-state index contributed by atoms with van der Waals surface area (Å²) in [5.41, 5.74) is 1.52. The number of fused-ring (bicyclic) bond motifs is 1. The number of hydrogen-bond acceptors (Lipinski definition) is 4. The van der Waals surface area contributed by atoms with Crippen LogP contribution in [0.1, 0.15) is 17.0 Å². The zero-order chi connectivity index (χ0) is 18.1. The molecule has 2 heterocycles. The molecule has 0 unspecified atom stereocenters. The van der Waals surface area contributed by atoms with E-state index in [9.17, 15) is 14.9 Å². The third kappa shape index (κ3) is 3.40. The number of pyridine rings is 1. The molecule has 0 bridgehead atoms. The fraction of sp³-hybridized carbons (Fsp3) is 0.0588. The number of rotatable bonds is 3. The topological polar surface area (TPSA) is 77.5 Å². The van der Waals surface area contributed by atoms with Crippen molar-refractivity contribution in [1.29, 1.82) is 0 Å². The average Bonchev–Trinajstić information content (AvgIpc) is 2.56. The van der Waals surface area contributed by atoms with E-state index >= 15 is 0 Å². The Hall–Kier alpha value is -2.70. The van der Waals surface area contributed by atoms with Gasteiger partial charge in [0.25, 0.3) is 11.2 Å². The van der Waals surface area contributed by atoms with Crippen LogP contribution in [0.25, 0.3) is 16.8 Å². The highest BCUT2D eigenvalue weighted by Gasteiger charge is 2.13. The lowest BCUT2D eigenvalue weighted by Gasteiger charge is -2.06. The van der Waals surface area contributed by atoms with Crippen LogP contribution in [0.15, 0.2) is 47.3 Å². The number of aromatic nitrogens is 2. The molecule has 0 aliphatic carbocycles. The Morgan fingerprint density at radius 3 is 2.76 bits per heavy atom. The summed E-state index contributed by atoms with van der Waals surface area (Å²) < 4.78 is 1.47. The van der Waals surface area contributed by atoms with Crippen LogP contribution in [0.4, 0.5) is 5.69 Å². The molecule has 0 saturated carbocycles. The molecule has 0 saturated heterocycles. The maximum atomic E-state index is 12.3. The van der Waals surface area contributed by atoms with Crippen LogP contribution in [-0.4, -0.2) is 14.3 Å². The summed E-state index contributed by atoms with van der Waals surface area (Å²) in [5, 5.41) is 11.2. The van der Waals surface area contributed by atoms with E-state index < -0.39 is 4.92 Å². The van der Waals surface area contributed by atoms with Gasteiger partial charge in [-0.15, -0.1) is 0 Å². The van der Waals surface area contributed by atoms with Crippen LogP contribution in [0, 0.1) is 17.0 Å². The van der Waals surface area contributed by atoms with Crippen LogP contribution in [0.3, 0.4) is 0 Å². The summed E-state index contributed by atoms with van der Waals surface area (Å²) in [5.74, 6) is 0. The second-order valence-corrected chi connectivity index (χ2v) is 6.12. The molecule has 3 rings (SSSR count). The number of aryl methyl sites for hydroxylation is 1. The number of hydrogen-bond donors (Lipinski definition) is 0. The van der Waals surface area contributed by atoms with E-state index in [1.807, 2.05) is 0 Å². The molecule has 0 atom stereocenters. The second-order valence-electron chi connectivity index (χ2n) is 5.30. The Bertz CT molecular complexity index is 1090. The molecule has 0 N–H and O–H groups in total. The maximum Gasteiger partial charge on any atom is 0.288 e. The number of nitro benzene ring substituents is 1. The first-order chi connectivity index (χ1) is 11.9. The molecule has 0 amide bonds.